The van der Waals surface area contributed by atoms with Gasteiger partial charge in [0.15, 0.2) is 5.82 Å². The number of nitrogens with one attached hydrogen (secondary N) is 1. The van der Waals surface area contributed by atoms with E-state index >= 15 is 0 Å². The highest BCUT2D eigenvalue weighted by atomic mass is 32.1. The molecule has 27 heavy (non-hydrogen) atoms. The molecule has 4 aromatic rings. The summed E-state index contributed by atoms with van der Waals surface area (Å²) in [6.07, 6.45) is 1.40. The summed E-state index contributed by atoms with van der Waals surface area (Å²) in [4.78, 5) is 0. The standard InChI is InChI=1S/C19H12F2N4OS/c20-15-7-3-1-5-13(15)17-10-9-12(26-17)11-22-25-18(23-24-19(25)27)14-6-2-4-8-16(14)21/h1-11H,(H,24,27)/b22-11-. The topological polar surface area (TPSA) is 59.1 Å². The van der Waals surface area contributed by atoms with Gasteiger partial charge in [0.25, 0.3) is 0 Å². The number of nitrogens with zero attached hydrogens (tertiary/aromatic N) is 3. The summed E-state index contributed by atoms with van der Waals surface area (Å²) >= 11 is 5.16. The van der Waals surface area contributed by atoms with Crippen LogP contribution in [-0.2, 0) is 0 Å². The van der Waals surface area contributed by atoms with Crippen LogP contribution >= 0.6 is 12.2 Å². The molecule has 0 saturated heterocycles. The number of benzene rings is 2. The molecule has 0 radical (unpaired) electrons. The molecule has 1 N–H and O–H groups in total. The smallest absolute Gasteiger partial charge is 0.216 e. The van der Waals surface area contributed by atoms with Gasteiger partial charge < -0.3 is 4.42 Å². The van der Waals surface area contributed by atoms with Gasteiger partial charge in [-0.1, -0.05) is 24.3 Å². The molecular weight excluding hydrogens is 370 g/mol. The van der Waals surface area contributed by atoms with Crippen LogP contribution in [0.2, 0.25) is 0 Å². The van der Waals surface area contributed by atoms with Gasteiger partial charge in [-0.3, -0.25) is 0 Å². The van der Waals surface area contributed by atoms with Gasteiger partial charge in [0.1, 0.15) is 23.2 Å². The maximum Gasteiger partial charge on any atom is 0.216 e. The quantitative estimate of drug-likeness (QED) is 0.398. The minimum atomic E-state index is -0.442. The molecule has 0 aliphatic heterocycles. The fourth-order valence-electron chi connectivity index (χ4n) is 2.56. The highest BCUT2D eigenvalue weighted by molar-refractivity contribution is 7.71. The number of hydrogen-bond acceptors (Lipinski definition) is 4. The van der Waals surface area contributed by atoms with Crippen LogP contribution < -0.4 is 0 Å². The molecule has 5 nitrogen and oxygen atoms in total. The molecule has 0 aliphatic carbocycles. The highest BCUT2D eigenvalue weighted by Gasteiger charge is 2.13. The van der Waals surface area contributed by atoms with Crippen molar-refractivity contribution < 1.29 is 13.2 Å². The third kappa shape index (κ3) is 3.34. The van der Waals surface area contributed by atoms with E-state index in [-0.39, 0.29) is 22.0 Å². The molecule has 2 heterocycles. The first-order chi connectivity index (χ1) is 13.1. The normalized spacial score (nSPS) is 11.3. The van der Waals surface area contributed by atoms with Gasteiger partial charge in [-0.2, -0.15) is 14.9 Å². The Kier molecular flexibility index (Phi) is 4.47. The Hall–Kier alpha value is -3.39. The van der Waals surface area contributed by atoms with E-state index in [1.807, 2.05) is 0 Å². The van der Waals surface area contributed by atoms with Crippen LogP contribution in [0.15, 0.2) is 70.2 Å². The van der Waals surface area contributed by atoms with E-state index in [9.17, 15) is 8.78 Å². The highest BCUT2D eigenvalue weighted by Crippen LogP contribution is 2.24. The van der Waals surface area contributed by atoms with Crippen molar-refractivity contribution >= 4 is 18.4 Å². The van der Waals surface area contributed by atoms with Crippen molar-refractivity contribution in [2.75, 3.05) is 0 Å². The number of hydrogen-bond donors (Lipinski definition) is 1. The average molecular weight is 382 g/mol. The van der Waals surface area contributed by atoms with E-state index in [0.29, 0.717) is 17.1 Å². The molecule has 0 unspecified atom stereocenters. The Morgan fingerprint density at radius 1 is 0.963 bits per heavy atom. The predicted molar refractivity (Wildman–Crippen MR) is 99.9 cm³/mol. The first-order valence-corrected chi connectivity index (χ1v) is 8.36. The summed E-state index contributed by atoms with van der Waals surface area (Å²) in [5, 5.41) is 10.9. The molecule has 2 aromatic heterocycles. The minimum absolute atomic E-state index is 0.199. The second kappa shape index (κ2) is 7.08. The molecule has 8 heteroatoms. The summed E-state index contributed by atoms with van der Waals surface area (Å²) in [5.41, 5.74) is 0.609. The third-order valence-corrected chi connectivity index (χ3v) is 4.10. The Morgan fingerprint density at radius 3 is 2.33 bits per heavy atom. The van der Waals surface area contributed by atoms with Crippen LogP contribution in [0.5, 0.6) is 0 Å². The lowest BCUT2D eigenvalue weighted by Crippen LogP contribution is -1.96. The molecule has 2 aromatic carbocycles. The Balaban J connectivity index is 1.67. The van der Waals surface area contributed by atoms with Crippen molar-refractivity contribution in [3.8, 4) is 22.7 Å². The molecular formula is C19H12F2N4OS. The lowest BCUT2D eigenvalue weighted by molar-refractivity contribution is 0.563. The lowest BCUT2D eigenvalue weighted by atomic mass is 10.1. The molecule has 0 atom stereocenters. The molecule has 0 amide bonds. The summed E-state index contributed by atoms with van der Waals surface area (Å²) in [6, 6.07) is 15.8. The SMILES string of the molecule is Fc1ccccc1-c1ccc(/C=N\n2c(-c3ccccc3F)n[nH]c2=S)o1. The number of rotatable bonds is 4. The fourth-order valence-corrected chi connectivity index (χ4v) is 2.74. The van der Waals surface area contributed by atoms with Crippen molar-refractivity contribution in [3.05, 3.63) is 82.8 Å². The van der Waals surface area contributed by atoms with Crippen LogP contribution in [0.3, 0.4) is 0 Å². The number of furan rings is 1. The summed E-state index contributed by atoms with van der Waals surface area (Å²) in [7, 11) is 0. The van der Waals surface area contributed by atoms with Gasteiger partial charge in [0, 0.05) is 0 Å². The van der Waals surface area contributed by atoms with E-state index in [4.69, 9.17) is 16.6 Å². The monoisotopic (exact) mass is 382 g/mol. The van der Waals surface area contributed by atoms with Crippen molar-refractivity contribution in [1.29, 1.82) is 0 Å². The van der Waals surface area contributed by atoms with Crippen LogP contribution in [0.25, 0.3) is 22.7 Å². The van der Waals surface area contributed by atoms with E-state index in [0.717, 1.165) is 0 Å². The van der Waals surface area contributed by atoms with Crippen LogP contribution in [-0.4, -0.2) is 21.1 Å². The largest absolute Gasteiger partial charge is 0.455 e. The summed E-state index contributed by atoms with van der Waals surface area (Å²) < 4.78 is 35.0. The van der Waals surface area contributed by atoms with Crippen LogP contribution in [0.1, 0.15) is 5.76 Å². The number of H-pyrrole nitrogens is 1. The number of aromatic nitrogens is 3. The van der Waals surface area contributed by atoms with E-state index in [1.165, 1.54) is 23.0 Å². The fraction of sp³-hybridized carbons (Fsp3) is 0. The molecule has 0 bridgehead atoms. The number of aromatic amines is 1. The van der Waals surface area contributed by atoms with Gasteiger partial charge in [-0.05, 0) is 48.6 Å². The summed E-state index contributed by atoms with van der Waals surface area (Å²) in [5.74, 6) is 0.169. The van der Waals surface area contributed by atoms with Crippen molar-refractivity contribution in [2.24, 2.45) is 5.10 Å². The minimum Gasteiger partial charge on any atom is -0.455 e. The first kappa shape index (κ1) is 17.0. The molecule has 4 rings (SSSR count). The molecule has 134 valence electrons. The average Bonchev–Trinajstić information content (AvgIpc) is 3.28. The third-order valence-electron chi connectivity index (χ3n) is 3.83. The van der Waals surface area contributed by atoms with Crippen molar-refractivity contribution in [2.45, 2.75) is 0 Å². The second-order valence-corrected chi connectivity index (χ2v) is 5.96. The zero-order valence-electron chi connectivity index (χ0n) is 13.8. The maximum absolute atomic E-state index is 14.0. The zero-order chi connectivity index (χ0) is 18.8. The predicted octanol–water partition coefficient (Wildman–Crippen LogP) is 5.03. The molecule has 0 aliphatic rings. The Bertz CT molecular complexity index is 1190. The number of halogens is 2. The van der Waals surface area contributed by atoms with Gasteiger partial charge >= 0.3 is 0 Å². The maximum atomic E-state index is 14.0. The van der Waals surface area contributed by atoms with Crippen molar-refractivity contribution in [1.82, 2.24) is 14.9 Å². The first-order valence-electron chi connectivity index (χ1n) is 7.95. The zero-order valence-corrected chi connectivity index (χ0v) is 14.6. The Labute approximate surface area is 157 Å². The van der Waals surface area contributed by atoms with E-state index in [2.05, 4.69) is 15.3 Å². The Morgan fingerprint density at radius 2 is 1.63 bits per heavy atom. The van der Waals surface area contributed by atoms with Gasteiger partial charge in [-0.15, -0.1) is 0 Å². The van der Waals surface area contributed by atoms with Crippen LogP contribution in [0.4, 0.5) is 8.78 Å². The van der Waals surface area contributed by atoms with E-state index < -0.39 is 5.82 Å². The van der Waals surface area contributed by atoms with Gasteiger partial charge in [-0.25, -0.2) is 13.9 Å². The molecule has 0 fully saturated rings. The lowest BCUT2D eigenvalue weighted by Gasteiger charge is -2.01. The van der Waals surface area contributed by atoms with Crippen molar-refractivity contribution in [3.63, 3.8) is 0 Å². The van der Waals surface area contributed by atoms with E-state index in [1.54, 1.807) is 48.5 Å². The second-order valence-electron chi connectivity index (χ2n) is 5.57. The summed E-state index contributed by atoms with van der Waals surface area (Å²) in [6.45, 7) is 0. The van der Waals surface area contributed by atoms with Gasteiger partial charge in [0.2, 0.25) is 4.77 Å². The van der Waals surface area contributed by atoms with Gasteiger partial charge in [0.05, 0.1) is 17.3 Å². The van der Waals surface area contributed by atoms with Crippen LogP contribution in [0, 0.1) is 16.4 Å². The molecule has 0 saturated carbocycles. The molecule has 0 spiro atoms.